The van der Waals surface area contributed by atoms with Gasteiger partial charge in [0, 0.05) is 0 Å². The quantitative estimate of drug-likeness (QED) is 0.924. The molecule has 1 heterocycles. The Labute approximate surface area is 122 Å². The van der Waals surface area contributed by atoms with Crippen LogP contribution in [0.2, 0.25) is 5.15 Å². The van der Waals surface area contributed by atoms with Crippen molar-refractivity contribution >= 4 is 17.5 Å². The van der Waals surface area contributed by atoms with E-state index in [4.69, 9.17) is 11.6 Å². The van der Waals surface area contributed by atoms with Crippen LogP contribution in [-0.2, 0) is 6.42 Å². The minimum absolute atomic E-state index is 0.0462. The zero-order chi connectivity index (χ0) is 13.9. The molecule has 1 atom stereocenters. The molecule has 0 bridgehead atoms. The summed E-state index contributed by atoms with van der Waals surface area (Å²) in [5.74, 6) is -0.212. The Hall–Kier alpha value is -1.94. The number of hydrogen-bond acceptors (Lipinski definition) is 3. The largest absolute Gasteiger partial charge is 0.344 e. The number of carbonyl (C=O) groups excluding carboxylic acids is 1. The molecule has 1 aliphatic rings. The fourth-order valence-corrected chi connectivity index (χ4v) is 2.67. The van der Waals surface area contributed by atoms with E-state index in [1.54, 1.807) is 12.1 Å². The number of fused-ring (bicyclic) bond motifs is 1. The summed E-state index contributed by atoms with van der Waals surface area (Å²) < 4.78 is 0. The van der Waals surface area contributed by atoms with E-state index >= 15 is 0 Å². The van der Waals surface area contributed by atoms with Gasteiger partial charge in [-0.1, -0.05) is 35.9 Å². The predicted molar refractivity (Wildman–Crippen MR) is 76.6 cm³/mol. The van der Waals surface area contributed by atoms with Crippen molar-refractivity contribution in [2.75, 3.05) is 0 Å². The smallest absolute Gasteiger partial charge is 0.272 e. The molecular weight excluding hydrogens is 274 g/mol. The number of aryl methyl sites for hydroxylation is 1. The van der Waals surface area contributed by atoms with Gasteiger partial charge < -0.3 is 5.32 Å². The lowest BCUT2D eigenvalue weighted by atomic mass is 9.87. The van der Waals surface area contributed by atoms with Crippen molar-refractivity contribution in [3.05, 3.63) is 58.4 Å². The van der Waals surface area contributed by atoms with Crippen LogP contribution in [-0.4, -0.2) is 16.1 Å². The summed E-state index contributed by atoms with van der Waals surface area (Å²) in [6.45, 7) is 0. The van der Waals surface area contributed by atoms with Crippen LogP contribution >= 0.6 is 11.6 Å². The van der Waals surface area contributed by atoms with Crippen molar-refractivity contribution in [3.63, 3.8) is 0 Å². The molecule has 4 nitrogen and oxygen atoms in total. The van der Waals surface area contributed by atoms with E-state index in [2.05, 4.69) is 27.6 Å². The van der Waals surface area contributed by atoms with Crippen molar-refractivity contribution in [2.45, 2.75) is 25.3 Å². The molecule has 1 aromatic heterocycles. The number of aromatic nitrogens is 2. The third-order valence-corrected chi connectivity index (χ3v) is 3.74. The van der Waals surface area contributed by atoms with E-state index in [0.717, 1.165) is 19.3 Å². The summed E-state index contributed by atoms with van der Waals surface area (Å²) in [6, 6.07) is 11.4. The molecule has 1 aromatic carbocycles. The molecule has 1 N–H and O–H groups in total. The van der Waals surface area contributed by atoms with E-state index in [0.29, 0.717) is 0 Å². The summed E-state index contributed by atoms with van der Waals surface area (Å²) in [6.07, 6.45) is 3.10. The second-order valence-corrected chi connectivity index (χ2v) is 5.25. The van der Waals surface area contributed by atoms with Gasteiger partial charge in [0.2, 0.25) is 0 Å². The summed E-state index contributed by atoms with van der Waals surface area (Å²) in [7, 11) is 0. The summed E-state index contributed by atoms with van der Waals surface area (Å²) in [5.41, 5.74) is 2.80. The monoisotopic (exact) mass is 287 g/mol. The highest BCUT2D eigenvalue weighted by Gasteiger charge is 2.22. The lowest BCUT2D eigenvalue weighted by molar-refractivity contribution is 0.0926. The molecule has 2 aromatic rings. The van der Waals surface area contributed by atoms with Crippen molar-refractivity contribution in [1.29, 1.82) is 0 Å². The molecule has 0 saturated carbocycles. The Kier molecular flexibility index (Phi) is 3.65. The van der Waals surface area contributed by atoms with Gasteiger partial charge in [-0.3, -0.25) is 4.79 Å². The standard InChI is InChI=1S/C15H14ClN3O/c16-14-9-8-13(18-19-14)15(20)17-12-7-3-5-10-4-1-2-6-11(10)12/h1-2,4,6,8-9,12H,3,5,7H2,(H,17,20). The van der Waals surface area contributed by atoms with E-state index in [1.165, 1.54) is 11.1 Å². The van der Waals surface area contributed by atoms with Crippen molar-refractivity contribution in [1.82, 2.24) is 15.5 Å². The number of benzene rings is 1. The molecule has 5 heteroatoms. The van der Waals surface area contributed by atoms with Crippen LogP contribution in [0, 0.1) is 0 Å². The number of rotatable bonds is 2. The Morgan fingerprint density at radius 2 is 2.05 bits per heavy atom. The van der Waals surface area contributed by atoms with Crippen LogP contribution in [0.1, 0.15) is 40.5 Å². The fraction of sp³-hybridized carbons (Fsp3) is 0.267. The average Bonchev–Trinajstić information content (AvgIpc) is 2.48. The Balaban J connectivity index is 1.79. The predicted octanol–water partition coefficient (Wildman–Crippen LogP) is 2.94. The average molecular weight is 288 g/mol. The van der Waals surface area contributed by atoms with Crippen LogP contribution in [0.3, 0.4) is 0 Å². The fourth-order valence-electron chi connectivity index (χ4n) is 2.57. The number of nitrogens with zero attached hydrogens (tertiary/aromatic N) is 2. The Morgan fingerprint density at radius 3 is 2.85 bits per heavy atom. The lowest BCUT2D eigenvalue weighted by Gasteiger charge is -2.26. The van der Waals surface area contributed by atoms with Gasteiger partial charge in [-0.25, -0.2) is 0 Å². The number of halogens is 1. The molecule has 20 heavy (non-hydrogen) atoms. The van der Waals surface area contributed by atoms with Crippen LogP contribution in [0.15, 0.2) is 36.4 Å². The molecule has 1 amide bonds. The van der Waals surface area contributed by atoms with E-state index in [9.17, 15) is 4.79 Å². The molecule has 1 aliphatic carbocycles. The molecule has 0 fully saturated rings. The van der Waals surface area contributed by atoms with Crippen LogP contribution in [0.25, 0.3) is 0 Å². The number of carbonyl (C=O) groups is 1. The number of amides is 1. The maximum absolute atomic E-state index is 12.2. The maximum atomic E-state index is 12.2. The first-order chi connectivity index (χ1) is 9.74. The zero-order valence-corrected chi connectivity index (χ0v) is 11.6. The van der Waals surface area contributed by atoms with Crippen molar-refractivity contribution < 1.29 is 4.79 Å². The highest BCUT2D eigenvalue weighted by atomic mass is 35.5. The molecule has 0 saturated heterocycles. The van der Waals surface area contributed by atoms with Crippen molar-refractivity contribution in [3.8, 4) is 0 Å². The normalized spacial score (nSPS) is 17.4. The number of hydrogen-bond donors (Lipinski definition) is 1. The highest BCUT2D eigenvalue weighted by molar-refractivity contribution is 6.29. The van der Waals surface area contributed by atoms with Gasteiger partial charge in [0.25, 0.3) is 5.91 Å². The molecule has 0 spiro atoms. The van der Waals surface area contributed by atoms with E-state index < -0.39 is 0 Å². The minimum Gasteiger partial charge on any atom is -0.344 e. The Morgan fingerprint density at radius 1 is 1.20 bits per heavy atom. The van der Waals surface area contributed by atoms with Crippen LogP contribution < -0.4 is 5.32 Å². The third kappa shape index (κ3) is 2.65. The van der Waals surface area contributed by atoms with Gasteiger partial charge in [0.15, 0.2) is 10.8 Å². The molecular formula is C15H14ClN3O. The third-order valence-electron chi connectivity index (χ3n) is 3.54. The summed E-state index contributed by atoms with van der Waals surface area (Å²) in [5, 5.41) is 10.8. The van der Waals surface area contributed by atoms with Crippen molar-refractivity contribution in [2.24, 2.45) is 0 Å². The minimum atomic E-state index is -0.212. The lowest BCUT2D eigenvalue weighted by Crippen LogP contribution is -2.31. The van der Waals surface area contributed by atoms with Gasteiger partial charge in [-0.05, 0) is 42.5 Å². The molecule has 1 unspecified atom stereocenters. The second kappa shape index (κ2) is 5.59. The first-order valence-corrected chi connectivity index (χ1v) is 7.00. The van der Waals surface area contributed by atoms with Gasteiger partial charge in [0.1, 0.15) is 0 Å². The SMILES string of the molecule is O=C(NC1CCCc2ccccc21)c1ccc(Cl)nn1. The maximum Gasteiger partial charge on any atom is 0.272 e. The first kappa shape index (κ1) is 13.1. The van der Waals surface area contributed by atoms with E-state index in [1.807, 2.05) is 12.1 Å². The summed E-state index contributed by atoms with van der Waals surface area (Å²) in [4.78, 5) is 12.2. The van der Waals surface area contributed by atoms with E-state index in [-0.39, 0.29) is 22.8 Å². The number of nitrogens with one attached hydrogen (secondary N) is 1. The molecule has 0 radical (unpaired) electrons. The zero-order valence-electron chi connectivity index (χ0n) is 10.8. The van der Waals surface area contributed by atoms with Crippen LogP contribution in [0.5, 0.6) is 0 Å². The second-order valence-electron chi connectivity index (χ2n) is 4.86. The van der Waals surface area contributed by atoms with Crippen LogP contribution in [0.4, 0.5) is 0 Å². The van der Waals surface area contributed by atoms with Gasteiger partial charge in [-0.15, -0.1) is 10.2 Å². The Bertz CT molecular complexity index is 627. The molecule has 102 valence electrons. The first-order valence-electron chi connectivity index (χ1n) is 6.62. The summed E-state index contributed by atoms with van der Waals surface area (Å²) >= 11 is 5.67. The van der Waals surface area contributed by atoms with Gasteiger partial charge >= 0.3 is 0 Å². The van der Waals surface area contributed by atoms with Gasteiger partial charge in [-0.2, -0.15) is 0 Å². The topological polar surface area (TPSA) is 54.9 Å². The molecule has 3 rings (SSSR count). The molecule has 0 aliphatic heterocycles. The van der Waals surface area contributed by atoms with Gasteiger partial charge in [0.05, 0.1) is 6.04 Å². The highest BCUT2D eigenvalue weighted by Crippen LogP contribution is 2.29.